The van der Waals surface area contributed by atoms with Gasteiger partial charge >= 0.3 is 5.69 Å². The van der Waals surface area contributed by atoms with Crippen molar-refractivity contribution in [3.05, 3.63) is 28.7 Å². The Balaban J connectivity index is 2.07. The standard InChI is InChI=1S/C12H15N3O2S/c1-7(2)18-6-11(16)13-8-3-4-9-10(5-8)15-12(17)14-9/h3-5,7H,6H2,1-2H3,(H,13,16)(H2,14,15,17). The highest BCUT2D eigenvalue weighted by Crippen LogP contribution is 2.15. The van der Waals surface area contributed by atoms with Crippen LogP contribution in [0, 0.1) is 0 Å². The van der Waals surface area contributed by atoms with Crippen molar-refractivity contribution in [3.63, 3.8) is 0 Å². The lowest BCUT2D eigenvalue weighted by Crippen LogP contribution is -2.15. The van der Waals surface area contributed by atoms with Crippen LogP contribution >= 0.6 is 11.8 Å². The Hall–Kier alpha value is -1.69. The van der Waals surface area contributed by atoms with Crippen LogP contribution in [0.4, 0.5) is 5.69 Å². The quantitative estimate of drug-likeness (QED) is 0.790. The highest BCUT2D eigenvalue weighted by molar-refractivity contribution is 8.00. The van der Waals surface area contributed by atoms with E-state index in [0.717, 1.165) is 5.52 Å². The number of hydrogen-bond donors (Lipinski definition) is 3. The Morgan fingerprint density at radius 3 is 2.78 bits per heavy atom. The smallest absolute Gasteiger partial charge is 0.323 e. The van der Waals surface area contributed by atoms with Crippen LogP contribution in [0.2, 0.25) is 0 Å². The van der Waals surface area contributed by atoms with Gasteiger partial charge in [0, 0.05) is 5.69 Å². The molecule has 1 amide bonds. The predicted octanol–water partition coefficient (Wildman–Crippen LogP) is 1.94. The summed E-state index contributed by atoms with van der Waals surface area (Å²) in [5.74, 6) is 0.394. The van der Waals surface area contributed by atoms with Crippen LogP contribution < -0.4 is 11.0 Å². The molecule has 96 valence electrons. The molecule has 0 saturated heterocycles. The van der Waals surface area contributed by atoms with Crippen molar-refractivity contribution in [3.8, 4) is 0 Å². The zero-order valence-corrected chi connectivity index (χ0v) is 11.1. The van der Waals surface area contributed by atoms with Gasteiger partial charge in [-0.05, 0) is 23.4 Å². The Labute approximate surface area is 108 Å². The summed E-state index contributed by atoms with van der Waals surface area (Å²) in [5, 5.41) is 3.23. The molecule has 2 aromatic rings. The summed E-state index contributed by atoms with van der Waals surface area (Å²) in [7, 11) is 0. The molecule has 0 aliphatic carbocycles. The van der Waals surface area contributed by atoms with E-state index in [9.17, 15) is 9.59 Å². The fourth-order valence-corrected chi connectivity index (χ4v) is 2.11. The van der Waals surface area contributed by atoms with Gasteiger partial charge in [0.2, 0.25) is 5.91 Å². The summed E-state index contributed by atoms with van der Waals surface area (Å²) in [6, 6.07) is 5.27. The third-order valence-electron chi connectivity index (χ3n) is 2.35. The second-order valence-corrected chi connectivity index (χ2v) is 5.81. The van der Waals surface area contributed by atoms with Crippen LogP contribution in [0.1, 0.15) is 13.8 Å². The molecule has 0 aliphatic heterocycles. The van der Waals surface area contributed by atoms with E-state index in [-0.39, 0.29) is 11.6 Å². The second kappa shape index (κ2) is 5.30. The number of aromatic nitrogens is 2. The van der Waals surface area contributed by atoms with Gasteiger partial charge in [0.25, 0.3) is 0 Å². The minimum Gasteiger partial charge on any atom is -0.325 e. The SMILES string of the molecule is CC(C)SCC(=O)Nc1ccc2[nH]c(=O)[nH]c2c1. The van der Waals surface area contributed by atoms with Crippen LogP contribution in [-0.4, -0.2) is 26.9 Å². The lowest BCUT2D eigenvalue weighted by Gasteiger charge is -2.06. The molecule has 0 unspecified atom stereocenters. The van der Waals surface area contributed by atoms with Crippen molar-refractivity contribution >= 4 is 34.4 Å². The van der Waals surface area contributed by atoms with E-state index in [1.54, 1.807) is 30.0 Å². The lowest BCUT2D eigenvalue weighted by atomic mass is 10.3. The number of amides is 1. The van der Waals surface area contributed by atoms with Crippen LogP contribution in [0.3, 0.4) is 0 Å². The average Bonchev–Trinajstić information content (AvgIpc) is 2.66. The minimum absolute atomic E-state index is 0.0362. The molecule has 5 nitrogen and oxygen atoms in total. The van der Waals surface area contributed by atoms with Gasteiger partial charge < -0.3 is 15.3 Å². The summed E-state index contributed by atoms with van der Waals surface area (Å²) < 4.78 is 0. The maximum absolute atomic E-state index is 11.6. The normalized spacial score (nSPS) is 11.1. The summed E-state index contributed by atoms with van der Waals surface area (Å²) in [6.45, 7) is 4.10. The molecule has 3 N–H and O–H groups in total. The first-order chi connectivity index (χ1) is 8.54. The Bertz CT molecular complexity index is 615. The molecule has 0 radical (unpaired) electrons. The van der Waals surface area contributed by atoms with E-state index in [1.165, 1.54) is 0 Å². The van der Waals surface area contributed by atoms with E-state index >= 15 is 0 Å². The van der Waals surface area contributed by atoms with Gasteiger partial charge in [-0.15, -0.1) is 11.8 Å². The number of hydrogen-bond acceptors (Lipinski definition) is 3. The average molecular weight is 265 g/mol. The minimum atomic E-state index is -0.246. The fourth-order valence-electron chi connectivity index (χ4n) is 1.55. The molecule has 6 heteroatoms. The van der Waals surface area contributed by atoms with E-state index in [4.69, 9.17) is 0 Å². The number of H-pyrrole nitrogens is 2. The van der Waals surface area contributed by atoms with Crippen molar-refractivity contribution in [1.82, 2.24) is 9.97 Å². The van der Waals surface area contributed by atoms with Crippen LogP contribution in [0.25, 0.3) is 11.0 Å². The highest BCUT2D eigenvalue weighted by Gasteiger charge is 2.05. The van der Waals surface area contributed by atoms with E-state index in [1.807, 2.05) is 0 Å². The summed E-state index contributed by atoms with van der Waals surface area (Å²) in [4.78, 5) is 28.1. The Morgan fingerprint density at radius 1 is 1.33 bits per heavy atom. The van der Waals surface area contributed by atoms with Gasteiger partial charge in [-0.3, -0.25) is 4.79 Å². The number of fused-ring (bicyclic) bond motifs is 1. The maximum Gasteiger partial charge on any atom is 0.323 e. The van der Waals surface area contributed by atoms with Gasteiger partial charge in [0.1, 0.15) is 0 Å². The van der Waals surface area contributed by atoms with Crippen LogP contribution in [-0.2, 0) is 4.79 Å². The van der Waals surface area contributed by atoms with Crippen LogP contribution in [0.15, 0.2) is 23.0 Å². The van der Waals surface area contributed by atoms with E-state index in [0.29, 0.717) is 22.2 Å². The van der Waals surface area contributed by atoms with E-state index < -0.39 is 0 Å². The zero-order valence-electron chi connectivity index (χ0n) is 10.2. The number of thioether (sulfide) groups is 1. The first-order valence-electron chi connectivity index (χ1n) is 5.68. The molecular formula is C12H15N3O2S. The number of rotatable bonds is 4. The topological polar surface area (TPSA) is 77.8 Å². The molecule has 0 bridgehead atoms. The van der Waals surface area contributed by atoms with Crippen molar-refractivity contribution < 1.29 is 4.79 Å². The second-order valence-electron chi connectivity index (χ2n) is 4.25. The highest BCUT2D eigenvalue weighted by atomic mass is 32.2. The molecule has 0 atom stereocenters. The number of benzene rings is 1. The van der Waals surface area contributed by atoms with E-state index in [2.05, 4.69) is 29.1 Å². The number of nitrogens with one attached hydrogen (secondary N) is 3. The first-order valence-corrected chi connectivity index (χ1v) is 6.73. The van der Waals surface area contributed by atoms with Gasteiger partial charge in [0.15, 0.2) is 0 Å². The lowest BCUT2D eigenvalue weighted by molar-refractivity contribution is -0.113. The predicted molar refractivity (Wildman–Crippen MR) is 75.1 cm³/mol. The number of aromatic amines is 2. The van der Waals surface area contributed by atoms with Gasteiger partial charge in [0.05, 0.1) is 16.8 Å². The third-order valence-corrected chi connectivity index (χ3v) is 3.44. The number of carbonyl (C=O) groups excluding carboxylic acids is 1. The monoisotopic (exact) mass is 265 g/mol. The Kier molecular flexibility index (Phi) is 3.76. The van der Waals surface area contributed by atoms with Gasteiger partial charge in [-0.2, -0.15) is 0 Å². The molecule has 2 rings (SSSR count). The summed E-state index contributed by atoms with van der Waals surface area (Å²) >= 11 is 1.59. The van der Waals surface area contributed by atoms with Crippen molar-refractivity contribution in [1.29, 1.82) is 0 Å². The molecule has 1 heterocycles. The molecule has 18 heavy (non-hydrogen) atoms. The van der Waals surface area contributed by atoms with Crippen molar-refractivity contribution in [2.24, 2.45) is 0 Å². The Morgan fingerprint density at radius 2 is 2.06 bits per heavy atom. The molecule has 1 aromatic carbocycles. The fraction of sp³-hybridized carbons (Fsp3) is 0.333. The molecule has 0 fully saturated rings. The molecular weight excluding hydrogens is 250 g/mol. The first kappa shape index (κ1) is 12.8. The molecule has 0 saturated carbocycles. The zero-order chi connectivity index (χ0) is 13.1. The molecule has 1 aromatic heterocycles. The summed E-state index contributed by atoms with van der Waals surface area (Å²) in [6.07, 6.45) is 0. The maximum atomic E-state index is 11.6. The third kappa shape index (κ3) is 3.16. The number of imidazole rings is 1. The number of carbonyl (C=O) groups is 1. The largest absolute Gasteiger partial charge is 0.325 e. The summed E-state index contributed by atoms with van der Waals surface area (Å²) in [5.41, 5.74) is 1.86. The van der Waals surface area contributed by atoms with Gasteiger partial charge in [-0.25, -0.2) is 4.79 Å². The van der Waals surface area contributed by atoms with Crippen molar-refractivity contribution in [2.45, 2.75) is 19.1 Å². The van der Waals surface area contributed by atoms with Crippen molar-refractivity contribution in [2.75, 3.05) is 11.1 Å². The molecule has 0 aliphatic rings. The van der Waals surface area contributed by atoms with Gasteiger partial charge in [-0.1, -0.05) is 13.8 Å². The molecule has 0 spiro atoms. The number of anilines is 1. The van der Waals surface area contributed by atoms with Crippen LogP contribution in [0.5, 0.6) is 0 Å².